The van der Waals surface area contributed by atoms with E-state index in [0.29, 0.717) is 5.82 Å². The third-order valence-electron chi connectivity index (χ3n) is 4.84. The first-order chi connectivity index (χ1) is 14.0. The summed E-state index contributed by atoms with van der Waals surface area (Å²) >= 11 is 0. The maximum Gasteiger partial charge on any atom is 0.246 e. The van der Waals surface area contributed by atoms with Crippen LogP contribution in [0, 0.1) is 0 Å². The number of nitrogens with zero attached hydrogens (tertiary/aromatic N) is 2. The Labute approximate surface area is 169 Å². The van der Waals surface area contributed by atoms with Crippen molar-refractivity contribution in [2.75, 3.05) is 26.0 Å². The van der Waals surface area contributed by atoms with Crippen molar-refractivity contribution >= 4 is 34.6 Å². The highest BCUT2D eigenvalue weighted by molar-refractivity contribution is 5.92. The van der Waals surface area contributed by atoms with Crippen LogP contribution in [0.4, 0.5) is 5.82 Å². The van der Waals surface area contributed by atoms with Crippen molar-refractivity contribution in [2.45, 2.75) is 13.0 Å². The molecule has 2 aromatic heterocycles. The van der Waals surface area contributed by atoms with Crippen molar-refractivity contribution in [1.29, 1.82) is 0 Å². The fourth-order valence-corrected chi connectivity index (χ4v) is 2.87. The molecule has 7 nitrogen and oxygen atoms in total. The van der Waals surface area contributed by atoms with Crippen molar-refractivity contribution in [1.82, 2.24) is 20.2 Å². The summed E-state index contributed by atoms with van der Waals surface area (Å²) in [6.07, 6.45) is 4.91. The van der Waals surface area contributed by atoms with E-state index in [1.54, 1.807) is 37.3 Å². The molecule has 150 valence electrons. The van der Waals surface area contributed by atoms with E-state index < -0.39 is 0 Å². The minimum atomic E-state index is -0.117. The third-order valence-corrected chi connectivity index (χ3v) is 4.84. The van der Waals surface area contributed by atoms with Gasteiger partial charge in [0.15, 0.2) is 0 Å². The number of nitrogens with one attached hydrogen (secondary N) is 3. The van der Waals surface area contributed by atoms with Crippen LogP contribution in [0.25, 0.3) is 17.0 Å². The normalized spacial score (nSPS) is 12.1. The molecule has 0 saturated carbocycles. The van der Waals surface area contributed by atoms with Crippen LogP contribution in [0.3, 0.4) is 0 Å². The van der Waals surface area contributed by atoms with Crippen LogP contribution in [0.5, 0.6) is 0 Å². The number of benzene rings is 1. The van der Waals surface area contributed by atoms with Crippen molar-refractivity contribution in [3.05, 3.63) is 66.0 Å². The van der Waals surface area contributed by atoms with Gasteiger partial charge in [-0.1, -0.05) is 18.2 Å². The Kier molecular flexibility index (Phi) is 6.29. The molecule has 7 heteroatoms. The van der Waals surface area contributed by atoms with Crippen molar-refractivity contribution in [3.8, 4) is 0 Å². The zero-order valence-electron chi connectivity index (χ0n) is 16.8. The van der Waals surface area contributed by atoms with Gasteiger partial charge in [0, 0.05) is 37.6 Å². The molecule has 0 aliphatic carbocycles. The van der Waals surface area contributed by atoms with Crippen molar-refractivity contribution in [2.24, 2.45) is 0 Å². The number of amides is 2. The Hall–Kier alpha value is -3.61. The monoisotopic (exact) mass is 391 g/mol. The maximum atomic E-state index is 12.6. The summed E-state index contributed by atoms with van der Waals surface area (Å²) in [5.41, 5.74) is 2.85. The van der Waals surface area contributed by atoms with E-state index in [4.69, 9.17) is 0 Å². The van der Waals surface area contributed by atoms with E-state index >= 15 is 0 Å². The number of hydrogen-bond donors (Lipinski definition) is 3. The summed E-state index contributed by atoms with van der Waals surface area (Å²) in [4.78, 5) is 33.1. The summed E-state index contributed by atoms with van der Waals surface area (Å²) in [5.74, 6) is 0.382. The van der Waals surface area contributed by atoms with Gasteiger partial charge in [0.25, 0.3) is 0 Å². The van der Waals surface area contributed by atoms with Gasteiger partial charge in [-0.2, -0.15) is 0 Å². The number of rotatable bonds is 7. The van der Waals surface area contributed by atoms with E-state index in [9.17, 15) is 9.59 Å². The summed E-state index contributed by atoms with van der Waals surface area (Å²) < 4.78 is 0. The second-order valence-corrected chi connectivity index (χ2v) is 6.77. The molecule has 1 aromatic carbocycles. The quantitative estimate of drug-likeness (QED) is 0.540. The average molecular weight is 391 g/mol. The van der Waals surface area contributed by atoms with Gasteiger partial charge in [0.05, 0.1) is 12.6 Å². The molecule has 3 N–H and O–H groups in total. The Bertz CT molecular complexity index is 990. The highest BCUT2D eigenvalue weighted by Crippen LogP contribution is 2.23. The van der Waals surface area contributed by atoms with Gasteiger partial charge >= 0.3 is 0 Å². The third kappa shape index (κ3) is 5.01. The smallest absolute Gasteiger partial charge is 0.246 e. The average Bonchev–Trinajstić information content (AvgIpc) is 3.19. The molecule has 0 aliphatic rings. The number of hydrogen-bond acceptors (Lipinski definition) is 4. The second-order valence-electron chi connectivity index (χ2n) is 6.77. The lowest BCUT2D eigenvalue weighted by molar-refractivity contribution is -0.126. The van der Waals surface area contributed by atoms with Crippen LogP contribution >= 0.6 is 0 Å². The number of para-hydroxylation sites is 1. The Morgan fingerprint density at radius 2 is 2.03 bits per heavy atom. The number of carbonyl (C=O) groups excluding carboxylic acids is 2. The number of fused-ring (bicyclic) bond motifs is 1. The number of carbonyl (C=O) groups is 2. The van der Waals surface area contributed by atoms with Gasteiger partial charge in [-0.15, -0.1) is 0 Å². The summed E-state index contributed by atoms with van der Waals surface area (Å²) in [6, 6.07) is 13.6. The molecule has 0 radical (unpaired) electrons. The van der Waals surface area contributed by atoms with Gasteiger partial charge in [-0.25, -0.2) is 4.98 Å². The SMILES string of the molecule is CNC(=O)CNc1ccc(C=CC(=O)N(C)C(C)c2cc3ccccc3[nH]2)cn1. The van der Waals surface area contributed by atoms with Gasteiger partial charge in [0.1, 0.15) is 5.82 Å². The van der Waals surface area contributed by atoms with E-state index in [-0.39, 0.29) is 24.4 Å². The lowest BCUT2D eigenvalue weighted by Gasteiger charge is -2.22. The van der Waals surface area contributed by atoms with Crippen LogP contribution in [-0.2, 0) is 9.59 Å². The molecule has 2 heterocycles. The fraction of sp³-hybridized carbons (Fsp3) is 0.227. The molecule has 0 fully saturated rings. The first-order valence-corrected chi connectivity index (χ1v) is 9.41. The Morgan fingerprint density at radius 1 is 1.24 bits per heavy atom. The van der Waals surface area contributed by atoms with Crippen LogP contribution in [-0.4, -0.2) is 47.3 Å². The molecular weight excluding hydrogens is 366 g/mol. The van der Waals surface area contributed by atoms with Crippen LogP contribution < -0.4 is 10.6 Å². The highest BCUT2D eigenvalue weighted by atomic mass is 16.2. The molecule has 0 aliphatic heterocycles. The molecule has 29 heavy (non-hydrogen) atoms. The molecule has 1 unspecified atom stereocenters. The zero-order chi connectivity index (χ0) is 20.8. The maximum absolute atomic E-state index is 12.6. The summed E-state index contributed by atoms with van der Waals surface area (Å²) in [5, 5.41) is 6.58. The van der Waals surface area contributed by atoms with Gasteiger partial charge in [-0.05, 0) is 48.2 Å². The Balaban J connectivity index is 1.61. The predicted molar refractivity (Wildman–Crippen MR) is 115 cm³/mol. The molecule has 1 atom stereocenters. The first kappa shape index (κ1) is 20.1. The second kappa shape index (κ2) is 9.05. The number of aromatic nitrogens is 2. The molecule has 0 saturated heterocycles. The largest absolute Gasteiger partial charge is 0.361 e. The number of pyridine rings is 1. The Morgan fingerprint density at radius 3 is 2.72 bits per heavy atom. The molecule has 0 bridgehead atoms. The molecule has 3 aromatic rings. The van der Waals surface area contributed by atoms with E-state index in [2.05, 4.69) is 26.7 Å². The standard InChI is InChI=1S/C22H25N5O2/c1-15(19-12-17-6-4-5-7-18(17)26-19)27(3)22(29)11-9-16-8-10-20(24-13-16)25-14-21(28)23-2/h4-13,15,26H,14H2,1-3H3,(H,23,28)(H,24,25). The van der Waals surface area contributed by atoms with Crippen molar-refractivity contribution < 1.29 is 9.59 Å². The van der Waals surface area contributed by atoms with E-state index in [1.165, 1.54) is 6.08 Å². The van der Waals surface area contributed by atoms with Crippen LogP contribution in [0.15, 0.2) is 54.7 Å². The zero-order valence-corrected chi connectivity index (χ0v) is 16.8. The topological polar surface area (TPSA) is 90.1 Å². The fourth-order valence-electron chi connectivity index (χ4n) is 2.87. The van der Waals surface area contributed by atoms with Crippen LogP contribution in [0.1, 0.15) is 24.2 Å². The van der Waals surface area contributed by atoms with Gasteiger partial charge in [0.2, 0.25) is 11.8 Å². The number of aromatic amines is 1. The minimum Gasteiger partial charge on any atom is -0.361 e. The first-order valence-electron chi connectivity index (χ1n) is 9.41. The number of anilines is 1. The van der Waals surface area contributed by atoms with Crippen LogP contribution in [0.2, 0.25) is 0 Å². The van der Waals surface area contributed by atoms with Gasteiger partial charge < -0.3 is 20.5 Å². The van der Waals surface area contributed by atoms with Crippen molar-refractivity contribution in [3.63, 3.8) is 0 Å². The van der Waals surface area contributed by atoms with E-state index in [0.717, 1.165) is 22.2 Å². The molecule has 0 spiro atoms. The summed E-state index contributed by atoms with van der Waals surface area (Å²) in [7, 11) is 3.37. The number of likely N-dealkylation sites (N-methyl/N-ethyl adjacent to an activating group) is 2. The molecular formula is C22H25N5O2. The predicted octanol–water partition coefficient (Wildman–Crippen LogP) is 2.95. The number of H-pyrrole nitrogens is 1. The van der Waals surface area contributed by atoms with Gasteiger partial charge in [-0.3, -0.25) is 9.59 Å². The molecule has 3 rings (SSSR count). The highest BCUT2D eigenvalue weighted by Gasteiger charge is 2.17. The lowest BCUT2D eigenvalue weighted by Crippen LogP contribution is -2.28. The summed E-state index contributed by atoms with van der Waals surface area (Å²) in [6.45, 7) is 2.15. The molecule has 2 amide bonds. The minimum absolute atomic E-state index is 0.0889. The lowest BCUT2D eigenvalue weighted by atomic mass is 10.2. The van der Waals surface area contributed by atoms with E-state index in [1.807, 2.05) is 37.3 Å².